The fraction of sp³-hybridized carbons (Fsp3) is 0.516. The van der Waals surface area contributed by atoms with E-state index in [-0.39, 0.29) is 102 Å². The van der Waals surface area contributed by atoms with Crippen molar-refractivity contribution in [3.8, 4) is 21.2 Å². The molecule has 2 saturated heterocycles. The van der Waals surface area contributed by atoms with Crippen molar-refractivity contribution in [1.82, 2.24) is 50.4 Å². The number of aliphatic hydroxyl groups excluding tert-OH is 1. The number of nitrogens with one attached hydrogen (secondary N) is 3. The maximum Gasteiger partial charge on any atom is 0.253 e. The number of hydrogen-bond donors (Lipinski definition) is 4. The standard InChI is InChI=1S/C64H80ClN11O12S2/c1-38-40(3)90-63-56(38)57(42-14-16-45(65)17-15-42)69-48(60-72-71-41(4)76(60)63)33-51(78)66-22-26-85-27-28-86-29-30-87-36-52(79)70-59(64(5,6)7)62(84)75-35-46(77)32-49(75)61(83)67-34-44-13-12-43(58-39(2)68-37-89-58)31-50(44)88-47-20-24-73(25-21-47)53(80)11-9-8-10-23-74-54(81)18-19-55(74)82/h12-19,31,37,46-49,59,77H,8-11,20-30,32-36H2,1-7H3,(H,66,78)(H,67,83)(H,70,79)/t46-,48+,49+,59-/m1/s1. The predicted molar refractivity (Wildman–Crippen MR) is 340 cm³/mol. The molecule has 0 radical (unpaired) electrons. The summed E-state index contributed by atoms with van der Waals surface area (Å²) in [7, 11) is 0. The Morgan fingerprint density at radius 2 is 1.54 bits per heavy atom. The maximum atomic E-state index is 14.4. The van der Waals surface area contributed by atoms with E-state index >= 15 is 0 Å². The quantitative estimate of drug-likeness (QED) is 0.0309. The monoisotopic (exact) mass is 1290 g/mol. The molecule has 0 unspecified atom stereocenters. The highest BCUT2D eigenvalue weighted by molar-refractivity contribution is 7.15. The Bertz CT molecular complexity index is 3460. The third-order valence-electron chi connectivity index (χ3n) is 16.4. The minimum Gasteiger partial charge on any atom is -0.490 e. The number of fused-ring (bicyclic) bond motifs is 3. The molecule has 4 atom stereocenters. The van der Waals surface area contributed by atoms with E-state index < -0.39 is 47.4 Å². The van der Waals surface area contributed by atoms with Crippen molar-refractivity contribution in [3.05, 3.63) is 110 Å². The van der Waals surface area contributed by atoms with Crippen LogP contribution in [0.1, 0.15) is 123 Å². The zero-order valence-corrected chi connectivity index (χ0v) is 54.4. The molecule has 0 spiro atoms. The summed E-state index contributed by atoms with van der Waals surface area (Å²) in [6.07, 6.45) is 4.96. The van der Waals surface area contributed by atoms with Crippen LogP contribution in [0.3, 0.4) is 0 Å². The molecule has 4 N–H and O–H groups in total. The van der Waals surface area contributed by atoms with Crippen molar-refractivity contribution in [1.29, 1.82) is 0 Å². The second kappa shape index (κ2) is 30.7. The zero-order chi connectivity index (χ0) is 64.2. The zero-order valence-electron chi connectivity index (χ0n) is 52.0. The number of rotatable bonds is 28. The normalized spacial score (nSPS) is 17.9. The number of thiazole rings is 1. The molecule has 2 fully saturated rings. The smallest absolute Gasteiger partial charge is 0.253 e. The first kappa shape index (κ1) is 67.1. The molecule has 7 amide bonds. The summed E-state index contributed by atoms with van der Waals surface area (Å²) in [6.45, 7) is 15.6. The van der Waals surface area contributed by atoms with Gasteiger partial charge in [-0.1, -0.05) is 63.1 Å². The molecule has 0 bridgehead atoms. The van der Waals surface area contributed by atoms with E-state index in [1.54, 1.807) is 37.6 Å². The molecule has 23 nitrogen and oxygen atoms in total. The number of ether oxygens (including phenoxy) is 4. The number of nitrogens with zero attached hydrogens (tertiary/aromatic N) is 8. The molecule has 0 aliphatic carbocycles. The Hall–Kier alpha value is -7.26. The number of hydrogen-bond acceptors (Lipinski definition) is 18. The van der Waals surface area contributed by atoms with Crippen molar-refractivity contribution in [2.45, 2.75) is 137 Å². The molecular weight excluding hydrogens is 1210 g/mol. The average molecular weight is 1290 g/mol. The molecule has 3 aromatic heterocycles. The van der Waals surface area contributed by atoms with Crippen molar-refractivity contribution in [2.75, 3.05) is 72.4 Å². The Kier molecular flexibility index (Phi) is 22.9. The van der Waals surface area contributed by atoms with Crippen molar-refractivity contribution >= 4 is 81.3 Å². The Balaban J connectivity index is 0.688. The predicted octanol–water partition coefficient (Wildman–Crippen LogP) is 6.45. The fourth-order valence-electron chi connectivity index (χ4n) is 11.3. The SMILES string of the molecule is Cc1ncsc1-c1ccc(CNC(=O)[C@@H]2C[C@@H](O)CN2C(=O)[C@@H](NC(=O)COCCOCCOCCNC(=O)C[C@@H]2N=C(c3ccc(Cl)cc3)c3c(sc(C)c3C)-n3c(C)nnc32)C(C)(C)C)c(OC2CCN(C(=O)CCCCCN3C(=O)C=CC3=O)CC2)c1. The van der Waals surface area contributed by atoms with Gasteiger partial charge in [-0.15, -0.1) is 32.9 Å². The highest BCUT2D eigenvalue weighted by atomic mass is 35.5. The number of likely N-dealkylation sites (tertiary alicyclic amines) is 2. The lowest BCUT2D eigenvalue weighted by Crippen LogP contribution is -2.58. The second-order valence-corrected chi connectivity index (χ2v) is 26.5. The number of aliphatic hydroxyl groups is 1. The molecule has 26 heteroatoms. The van der Waals surface area contributed by atoms with Gasteiger partial charge in [0.1, 0.15) is 47.4 Å². The Morgan fingerprint density at radius 3 is 2.24 bits per heavy atom. The minimum absolute atomic E-state index is 0.00266. The van der Waals surface area contributed by atoms with E-state index in [1.165, 1.54) is 33.3 Å². The van der Waals surface area contributed by atoms with E-state index in [0.717, 1.165) is 48.4 Å². The summed E-state index contributed by atoms with van der Waals surface area (Å²) < 4.78 is 25.7. The average Bonchev–Trinajstić information content (AvgIpc) is 1.90. The van der Waals surface area contributed by atoms with Crippen LogP contribution in [0.2, 0.25) is 5.02 Å². The van der Waals surface area contributed by atoms with Crippen LogP contribution in [0.25, 0.3) is 15.4 Å². The van der Waals surface area contributed by atoms with Gasteiger partial charge in [0.15, 0.2) is 5.82 Å². The molecule has 482 valence electrons. The molecule has 90 heavy (non-hydrogen) atoms. The van der Waals surface area contributed by atoms with E-state index in [9.17, 15) is 38.7 Å². The molecule has 9 rings (SSSR count). The molecular formula is C64H80ClN11O12S2. The molecule has 0 saturated carbocycles. The third-order valence-corrected chi connectivity index (χ3v) is 18.8. The minimum atomic E-state index is -1.06. The van der Waals surface area contributed by atoms with Crippen LogP contribution in [0, 0.1) is 33.1 Å². The molecule has 2 aromatic carbocycles. The van der Waals surface area contributed by atoms with Gasteiger partial charge < -0.3 is 49.8 Å². The number of halogens is 1. The Morgan fingerprint density at radius 1 is 0.844 bits per heavy atom. The summed E-state index contributed by atoms with van der Waals surface area (Å²) >= 11 is 9.40. The Labute approximate surface area is 536 Å². The van der Waals surface area contributed by atoms with Gasteiger partial charge >= 0.3 is 0 Å². The first-order valence-corrected chi connectivity index (χ1v) is 32.7. The lowest BCUT2D eigenvalue weighted by molar-refractivity contribution is -0.144. The van der Waals surface area contributed by atoms with Crippen LogP contribution in [-0.2, 0) is 54.3 Å². The van der Waals surface area contributed by atoms with Gasteiger partial charge in [-0.3, -0.25) is 48.0 Å². The van der Waals surface area contributed by atoms with E-state index in [1.807, 2.05) is 65.8 Å². The highest BCUT2D eigenvalue weighted by Crippen LogP contribution is 2.40. The van der Waals surface area contributed by atoms with Crippen LogP contribution in [-0.4, -0.2) is 183 Å². The number of piperidine rings is 1. The summed E-state index contributed by atoms with van der Waals surface area (Å²) in [5, 5.41) is 30.1. The first-order valence-electron chi connectivity index (χ1n) is 30.6. The number of benzene rings is 2. The molecule has 5 aromatic rings. The number of β-amino-alcohol motifs (C(OH)–C–C–N with tert-alkyl or cyclic N) is 1. The van der Waals surface area contributed by atoms with Crippen molar-refractivity contribution in [2.24, 2.45) is 10.4 Å². The summed E-state index contributed by atoms with van der Waals surface area (Å²) in [5.74, 6) is -0.443. The summed E-state index contributed by atoms with van der Waals surface area (Å²) in [5.41, 5.74) is 7.19. The van der Waals surface area contributed by atoms with Gasteiger partial charge in [0.2, 0.25) is 29.5 Å². The van der Waals surface area contributed by atoms with E-state index in [2.05, 4.69) is 45.0 Å². The van der Waals surface area contributed by atoms with Gasteiger partial charge in [-0.05, 0) is 75.3 Å². The molecule has 4 aliphatic heterocycles. The number of thiophene rings is 1. The van der Waals surface area contributed by atoms with E-state index in [4.69, 9.17) is 35.5 Å². The van der Waals surface area contributed by atoms with Crippen LogP contribution in [0.5, 0.6) is 5.75 Å². The largest absolute Gasteiger partial charge is 0.490 e. The number of aromatic nitrogens is 4. The maximum absolute atomic E-state index is 14.4. The molecule has 4 aliphatic rings. The summed E-state index contributed by atoms with van der Waals surface area (Å²) in [6, 6.07) is 10.6. The lowest BCUT2D eigenvalue weighted by atomic mass is 9.85. The van der Waals surface area contributed by atoms with Gasteiger partial charge in [0.05, 0.1) is 67.4 Å². The van der Waals surface area contributed by atoms with Crippen LogP contribution in [0.4, 0.5) is 0 Å². The number of carbonyl (C=O) groups excluding carboxylic acids is 7. The number of amides is 7. The number of aliphatic imine (C=N–C) groups is 1. The number of carbonyl (C=O) groups is 7. The third kappa shape index (κ3) is 16.8. The topological polar surface area (TPSA) is 278 Å². The number of unbranched alkanes of at least 4 members (excludes halogenated alkanes) is 2. The van der Waals surface area contributed by atoms with Crippen molar-refractivity contribution in [3.63, 3.8) is 0 Å². The first-order chi connectivity index (χ1) is 43.1. The van der Waals surface area contributed by atoms with Crippen LogP contribution >= 0.6 is 34.3 Å². The van der Waals surface area contributed by atoms with Gasteiger partial charge in [0.25, 0.3) is 11.8 Å². The van der Waals surface area contributed by atoms with Gasteiger partial charge in [-0.2, -0.15) is 0 Å². The lowest BCUT2D eigenvalue weighted by Gasteiger charge is -2.35. The highest BCUT2D eigenvalue weighted by Gasteiger charge is 2.45. The van der Waals surface area contributed by atoms with E-state index in [0.29, 0.717) is 86.1 Å². The fourth-order valence-corrected chi connectivity index (χ4v) is 13.5. The van der Waals surface area contributed by atoms with Gasteiger partial charge in [0, 0.05) is 104 Å². The van der Waals surface area contributed by atoms with Crippen LogP contribution < -0.4 is 20.7 Å². The van der Waals surface area contributed by atoms with Crippen molar-refractivity contribution < 1.29 is 57.6 Å². The molecule has 7 heterocycles. The second-order valence-electron chi connectivity index (χ2n) is 24.0. The van der Waals surface area contributed by atoms with Crippen LogP contribution in [0.15, 0.2) is 65.1 Å². The van der Waals surface area contributed by atoms with Gasteiger partial charge in [-0.25, -0.2) is 4.98 Å². The number of aryl methyl sites for hydroxylation is 3. The summed E-state index contributed by atoms with van der Waals surface area (Å²) in [4.78, 5) is 108. The number of imide groups is 1.